The highest BCUT2D eigenvalue weighted by Gasteiger charge is 2.20. The van der Waals surface area contributed by atoms with Crippen LogP contribution < -0.4 is 4.72 Å². The molecule has 0 bridgehead atoms. The first kappa shape index (κ1) is 20.2. The summed E-state index contributed by atoms with van der Waals surface area (Å²) in [7, 11) is -0.650. The van der Waals surface area contributed by atoms with E-state index in [4.69, 9.17) is 16.3 Å². The van der Waals surface area contributed by atoms with Gasteiger partial charge in [0.15, 0.2) is 6.61 Å². The van der Waals surface area contributed by atoms with Crippen LogP contribution >= 0.6 is 11.6 Å². The lowest BCUT2D eigenvalue weighted by molar-refractivity contribution is 0.0474. The van der Waals surface area contributed by atoms with E-state index in [0.717, 1.165) is 17.5 Å². The Labute approximate surface area is 157 Å². The summed E-state index contributed by atoms with van der Waals surface area (Å²) < 4.78 is 32.7. The van der Waals surface area contributed by atoms with Crippen LogP contribution in [0.2, 0.25) is 5.02 Å². The van der Waals surface area contributed by atoms with Crippen molar-refractivity contribution in [3.8, 4) is 0 Å². The molecule has 0 aliphatic heterocycles. The second-order valence-corrected chi connectivity index (χ2v) is 7.99. The zero-order chi connectivity index (χ0) is 19.6. The van der Waals surface area contributed by atoms with E-state index in [-0.39, 0.29) is 21.3 Å². The predicted molar refractivity (Wildman–Crippen MR) is 97.2 cm³/mol. The first-order chi connectivity index (χ1) is 12.1. The summed E-state index contributed by atoms with van der Waals surface area (Å²) in [6.45, 7) is 3.19. The van der Waals surface area contributed by atoms with Crippen molar-refractivity contribution in [3.05, 3.63) is 51.8 Å². The van der Waals surface area contributed by atoms with E-state index in [1.807, 2.05) is 18.5 Å². The Kier molecular flexibility index (Phi) is 5.90. The second-order valence-electron chi connectivity index (χ2n) is 5.69. The fourth-order valence-electron chi connectivity index (χ4n) is 2.37. The first-order valence-corrected chi connectivity index (χ1v) is 9.51. The summed E-state index contributed by atoms with van der Waals surface area (Å²) in [5.41, 5.74) is 2.01. The zero-order valence-corrected chi connectivity index (χ0v) is 16.4. The SMILES string of the molecule is CNS(=O)(=O)c1ccc(Cl)c(C(=O)OCC(=O)c2cc(C)n(C)c2C)c1. The van der Waals surface area contributed by atoms with E-state index in [2.05, 4.69) is 4.72 Å². The predicted octanol–water partition coefficient (Wildman–Crippen LogP) is 2.24. The Morgan fingerprint density at radius 3 is 2.38 bits per heavy atom. The van der Waals surface area contributed by atoms with Crippen molar-refractivity contribution in [2.45, 2.75) is 18.7 Å². The van der Waals surface area contributed by atoms with Gasteiger partial charge in [0.25, 0.3) is 0 Å². The van der Waals surface area contributed by atoms with Crippen molar-refractivity contribution < 1.29 is 22.7 Å². The maximum absolute atomic E-state index is 12.3. The molecule has 1 N–H and O–H groups in total. The molecule has 0 amide bonds. The van der Waals surface area contributed by atoms with Gasteiger partial charge in [-0.25, -0.2) is 17.9 Å². The summed E-state index contributed by atoms with van der Waals surface area (Å²) in [5, 5.41) is 0.0317. The molecule has 1 aromatic heterocycles. The molecule has 0 saturated heterocycles. The van der Waals surface area contributed by atoms with Gasteiger partial charge < -0.3 is 9.30 Å². The van der Waals surface area contributed by atoms with E-state index >= 15 is 0 Å². The first-order valence-electron chi connectivity index (χ1n) is 7.64. The number of nitrogens with one attached hydrogen (secondary N) is 1. The molecule has 0 fully saturated rings. The number of benzene rings is 1. The monoisotopic (exact) mass is 398 g/mol. The summed E-state index contributed by atoms with van der Waals surface area (Å²) in [6.07, 6.45) is 0. The Morgan fingerprint density at radius 1 is 1.19 bits per heavy atom. The van der Waals surface area contributed by atoms with Gasteiger partial charge in [-0.3, -0.25) is 4.79 Å². The van der Waals surface area contributed by atoms with Crippen molar-refractivity contribution in [1.29, 1.82) is 0 Å². The fourth-order valence-corrected chi connectivity index (χ4v) is 3.32. The molecule has 2 aromatic rings. The Hall–Kier alpha value is -2.16. The number of carbonyl (C=O) groups is 2. The van der Waals surface area contributed by atoms with E-state index in [1.165, 1.54) is 19.2 Å². The lowest BCUT2D eigenvalue weighted by atomic mass is 10.1. The summed E-state index contributed by atoms with van der Waals surface area (Å²) >= 11 is 5.96. The molecule has 1 heterocycles. The number of Topliss-reactive ketones (excluding diaryl/α,β-unsaturated/α-hetero) is 1. The van der Waals surface area contributed by atoms with E-state index in [0.29, 0.717) is 5.56 Å². The Morgan fingerprint density at radius 2 is 1.85 bits per heavy atom. The number of ether oxygens (including phenoxy) is 1. The molecule has 0 aliphatic carbocycles. The normalized spacial score (nSPS) is 11.4. The average Bonchev–Trinajstić information content (AvgIpc) is 2.87. The number of carbonyl (C=O) groups excluding carboxylic acids is 2. The van der Waals surface area contributed by atoms with Gasteiger partial charge in [-0.05, 0) is 45.2 Å². The number of nitrogens with zero attached hydrogens (tertiary/aromatic N) is 1. The third kappa shape index (κ3) is 3.98. The number of aromatic nitrogens is 1. The molecule has 1 aromatic carbocycles. The van der Waals surface area contributed by atoms with E-state index in [9.17, 15) is 18.0 Å². The molecule has 0 unspecified atom stereocenters. The number of esters is 1. The number of hydrogen-bond donors (Lipinski definition) is 1. The molecule has 140 valence electrons. The maximum atomic E-state index is 12.3. The van der Waals surface area contributed by atoms with Crippen LogP contribution in [-0.2, 0) is 21.8 Å². The third-order valence-corrected chi connectivity index (χ3v) is 5.89. The smallest absolute Gasteiger partial charge is 0.340 e. The summed E-state index contributed by atoms with van der Waals surface area (Å²) in [5.74, 6) is -1.23. The standard InChI is InChI=1S/C17H19ClN2O5S/c1-10-7-13(11(2)20(10)4)16(21)9-25-17(22)14-8-12(5-6-15(14)18)26(23,24)19-3/h5-8,19H,9H2,1-4H3. The number of rotatable bonds is 6. The van der Waals surface area contributed by atoms with Crippen LogP contribution in [-0.4, -0.2) is 38.4 Å². The minimum absolute atomic E-state index is 0.0317. The van der Waals surface area contributed by atoms with Crippen LogP contribution in [0.15, 0.2) is 29.2 Å². The molecule has 2 rings (SSSR count). The van der Waals surface area contributed by atoms with Gasteiger partial charge in [-0.1, -0.05) is 11.6 Å². The van der Waals surface area contributed by atoms with Gasteiger partial charge in [0.05, 0.1) is 15.5 Å². The maximum Gasteiger partial charge on any atom is 0.340 e. The third-order valence-electron chi connectivity index (χ3n) is 4.15. The van der Waals surface area contributed by atoms with Gasteiger partial charge in [-0.2, -0.15) is 0 Å². The van der Waals surface area contributed by atoms with Gasteiger partial charge in [0, 0.05) is 24.0 Å². The lowest BCUT2D eigenvalue weighted by Gasteiger charge is -2.08. The summed E-state index contributed by atoms with van der Waals surface area (Å²) in [4.78, 5) is 24.4. The highest BCUT2D eigenvalue weighted by atomic mass is 35.5. The second kappa shape index (κ2) is 7.61. The quantitative estimate of drug-likeness (QED) is 0.594. The van der Waals surface area contributed by atoms with Gasteiger partial charge >= 0.3 is 5.97 Å². The van der Waals surface area contributed by atoms with E-state index in [1.54, 1.807) is 13.0 Å². The van der Waals surface area contributed by atoms with Crippen LogP contribution in [0.1, 0.15) is 32.1 Å². The fraction of sp³-hybridized carbons (Fsp3) is 0.294. The Balaban J connectivity index is 2.19. The largest absolute Gasteiger partial charge is 0.454 e. The average molecular weight is 399 g/mol. The number of aryl methyl sites for hydroxylation is 1. The minimum atomic E-state index is -3.74. The van der Waals surface area contributed by atoms with Crippen LogP contribution in [0, 0.1) is 13.8 Å². The van der Waals surface area contributed by atoms with Gasteiger partial charge in [0.2, 0.25) is 15.8 Å². The highest BCUT2D eigenvalue weighted by molar-refractivity contribution is 7.89. The minimum Gasteiger partial charge on any atom is -0.454 e. The van der Waals surface area contributed by atoms with Crippen LogP contribution in [0.25, 0.3) is 0 Å². The van der Waals surface area contributed by atoms with Crippen LogP contribution in [0.5, 0.6) is 0 Å². The van der Waals surface area contributed by atoms with Crippen molar-refractivity contribution in [2.75, 3.05) is 13.7 Å². The number of ketones is 1. The highest BCUT2D eigenvalue weighted by Crippen LogP contribution is 2.22. The molecule has 0 aliphatic rings. The zero-order valence-electron chi connectivity index (χ0n) is 14.8. The van der Waals surface area contributed by atoms with Gasteiger partial charge in [-0.15, -0.1) is 0 Å². The topological polar surface area (TPSA) is 94.5 Å². The van der Waals surface area contributed by atoms with Crippen LogP contribution in [0.4, 0.5) is 0 Å². The number of sulfonamides is 1. The molecule has 0 saturated carbocycles. The molecular formula is C17H19ClN2O5S. The lowest BCUT2D eigenvalue weighted by Crippen LogP contribution is -2.20. The number of hydrogen-bond acceptors (Lipinski definition) is 5. The van der Waals surface area contributed by atoms with Crippen LogP contribution in [0.3, 0.4) is 0 Å². The van der Waals surface area contributed by atoms with Crippen molar-refractivity contribution in [3.63, 3.8) is 0 Å². The molecule has 0 spiro atoms. The van der Waals surface area contributed by atoms with Gasteiger partial charge in [0.1, 0.15) is 0 Å². The molecule has 0 radical (unpaired) electrons. The Bertz CT molecular complexity index is 979. The molecular weight excluding hydrogens is 380 g/mol. The molecule has 9 heteroatoms. The molecule has 7 nitrogen and oxygen atoms in total. The van der Waals surface area contributed by atoms with Crippen molar-refractivity contribution in [1.82, 2.24) is 9.29 Å². The van der Waals surface area contributed by atoms with Crippen molar-refractivity contribution >= 4 is 33.4 Å². The summed E-state index contributed by atoms with van der Waals surface area (Å²) in [6, 6.07) is 5.39. The van der Waals surface area contributed by atoms with E-state index < -0.39 is 22.6 Å². The number of halogens is 1. The molecule has 0 atom stereocenters. The van der Waals surface area contributed by atoms with Crippen molar-refractivity contribution in [2.24, 2.45) is 7.05 Å². The molecule has 26 heavy (non-hydrogen) atoms.